The maximum absolute atomic E-state index is 12.5. The molecule has 0 bridgehead atoms. The van der Waals surface area contributed by atoms with E-state index >= 15 is 0 Å². The second-order valence-corrected chi connectivity index (χ2v) is 6.78. The van der Waals surface area contributed by atoms with Crippen LogP contribution in [0.5, 0.6) is 0 Å². The summed E-state index contributed by atoms with van der Waals surface area (Å²) in [7, 11) is 0. The van der Waals surface area contributed by atoms with Crippen molar-refractivity contribution in [3.05, 3.63) is 29.8 Å². The largest absolute Gasteiger partial charge is 0.450 e. The summed E-state index contributed by atoms with van der Waals surface area (Å²) in [5.74, 6) is -0.0203. The van der Waals surface area contributed by atoms with Crippen molar-refractivity contribution in [2.75, 3.05) is 25.0 Å². The first-order valence-electron chi connectivity index (χ1n) is 9.20. The first-order valence-corrected chi connectivity index (χ1v) is 9.20. The van der Waals surface area contributed by atoms with Crippen LogP contribution in [0, 0.1) is 5.92 Å². The molecule has 140 valence electrons. The normalized spacial score (nSPS) is 17.5. The van der Waals surface area contributed by atoms with Crippen LogP contribution >= 0.6 is 0 Å². The van der Waals surface area contributed by atoms with Crippen molar-refractivity contribution >= 4 is 23.6 Å². The van der Waals surface area contributed by atoms with Gasteiger partial charge in [0, 0.05) is 36.3 Å². The molecule has 0 atom stereocenters. The molecule has 1 aliphatic heterocycles. The zero-order valence-electron chi connectivity index (χ0n) is 15.0. The SMILES string of the molecule is CCOC(=O)N1CCC(NC(=O)c2cccc(NC(=O)C3CC3)c2)CC1. The summed E-state index contributed by atoms with van der Waals surface area (Å²) in [6, 6.07) is 7.01. The van der Waals surface area contributed by atoms with Gasteiger partial charge in [-0.1, -0.05) is 6.07 Å². The highest BCUT2D eigenvalue weighted by Gasteiger charge is 2.29. The monoisotopic (exact) mass is 359 g/mol. The zero-order valence-corrected chi connectivity index (χ0v) is 15.0. The van der Waals surface area contributed by atoms with Gasteiger partial charge < -0.3 is 20.3 Å². The Morgan fingerprint density at radius 2 is 1.88 bits per heavy atom. The Labute approximate surface area is 153 Å². The van der Waals surface area contributed by atoms with E-state index in [1.54, 1.807) is 36.1 Å². The predicted octanol–water partition coefficient (Wildman–Crippen LogP) is 2.39. The first-order chi connectivity index (χ1) is 12.6. The molecule has 7 nitrogen and oxygen atoms in total. The molecule has 0 spiro atoms. The van der Waals surface area contributed by atoms with E-state index in [-0.39, 0.29) is 29.9 Å². The zero-order chi connectivity index (χ0) is 18.5. The fourth-order valence-electron chi connectivity index (χ4n) is 3.02. The molecule has 1 saturated carbocycles. The number of likely N-dealkylation sites (tertiary alicyclic amines) is 1. The van der Waals surface area contributed by atoms with Crippen molar-refractivity contribution in [2.24, 2.45) is 5.92 Å². The second-order valence-electron chi connectivity index (χ2n) is 6.78. The van der Waals surface area contributed by atoms with Crippen molar-refractivity contribution in [1.29, 1.82) is 0 Å². The summed E-state index contributed by atoms with van der Waals surface area (Å²) in [6.45, 7) is 3.29. The minimum absolute atomic E-state index is 0.0221. The van der Waals surface area contributed by atoms with Crippen molar-refractivity contribution in [2.45, 2.75) is 38.6 Å². The Balaban J connectivity index is 1.50. The number of nitrogens with one attached hydrogen (secondary N) is 2. The molecule has 0 aromatic heterocycles. The fourth-order valence-corrected chi connectivity index (χ4v) is 3.02. The van der Waals surface area contributed by atoms with Crippen molar-refractivity contribution in [3.8, 4) is 0 Å². The third kappa shape index (κ3) is 4.74. The van der Waals surface area contributed by atoms with Gasteiger partial charge in [-0.05, 0) is 50.8 Å². The summed E-state index contributed by atoms with van der Waals surface area (Å²) in [6.07, 6.45) is 2.98. The molecule has 0 unspecified atom stereocenters. The van der Waals surface area contributed by atoms with Crippen molar-refractivity contribution in [3.63, 3.8) is 0 Å². The molecule has 7 heteroatoms. The second kappa shape index (κ2) is 8.21. The van der Waals surface area contributed by atoms with Crippen LogP contribution in [0.15, 0.2) is 24.3 Å². The van der Waals surface area contributed by atoms with Gasteiger partial charge in [0.2, 0.25) is 5.91 Å². The summed E-state index contributed by atoms with van der Waals surface area (Å²) in [5, 5.41) is 5.87. The van der Waals surface area contributed by atoms with Crippen molar-refractivity contribution < 1.29 is 19.1 Å². The minimum Gasteiger partial charge on any atom is -0.450 e. The number of carbonyl (C=O) groups excluding carboxylic acids is 3. The fraction of sp³-hybridized carbons (Fsp3) is 0.526. The number of rotatable bonds is 5. The van der Waals surface area contributed by atoms with E-state index in [2.05, 4.69) is 10.6 Å². The number of hydrogen-bond acceptors (Lipinski definition) is 4. The van der Waals surface area contributed by atoms with Crippen LogP contribution < -0.4 is 10.6 Å². The number of amides is 3. The lowest BCUT2D eigenvalue weighted by molar-refractivity contribution is -0.117. The summed E-state index contributed by atoms with van der Waals surface area (Å²) in [5.41, 5.74) is 1.16. The lowest BCUT2D eigenvalue weighted by atomic mass is 10.0. The highest BCUT2D eigenvalue weighted by atomic mass is 16.6. The Kier molecular flexibility index (Phi) is 5.75. The Morgan fingerprint density at radius 1 is 1.15 bits per heavy atom. The van der Waals surface area contributed by atoms with E-state index < -0.39 is 0 Å². The van der Waals surface area contributed by atoms with Gasteiger partial charge in [0.05, 0.1) is 6.61 Å². The van der Waals surface area contributed by atoms with Gasteiger partial charge in [0.25, 0.3) is 5.91 Å². The van der Waals surface area contributed by atoms with Crippen LogP contribution in [0.25, 0.3) is 0 Å². The van der Waals surface area contributed by atoms with Crippen LogP contribution in [0.2, 0.25) is 0 Å². The molecule has 2 N–H and O–H groups in total. The lowest BCUT2D eigenvalue weighted by Crippen LogP contribution is -2.46. The van der Waals surface area contributed by atoms with E-state index in [1.165, 1.54) is 0 Å². The highest BCUT2D eigenvalue weighted by Crippen LogP contribution is 2.30. The molecule has 1 saturated heterocycles. The van der Waals surface area contributed by atoms with Gasteiger partial charge >= 0.3 is 6.09 Å². The Hall–Kier alpha value is -2.57. The standard InChI is InChI=1S/C19H25N3O4/c1-2-26-19(25)22-10-8-15(9-11-22)20-18(24)14-4-3-5-16(12-14)21-17(23)13-6-7-13/h3-5,12-13,15H,2,6-11H2,1H3,(H,20,24)(H,21,23). The maximum atomic E-state index is 12.5. The quantitative estimate of drug-likeness (QED) is 0.845. The van der Waals surface area contributed by atoms with Crippen LogP contribution in [0.4, 0.5) is 10.5 Å². The number of nitrogens with zero attached hydrogens (tertiary/aromatic N) is 1. The third-order valence-corrected chi connectivity index (χ3v) is 4.70. The number of carbonyl (C=O) groups is 3. The molecule has 1 aromatic rings. The summed E-state index contributed by atoms with van der Waals surface area (Å²) >= 11 is 0. The minimum atomic E-state index is -0.295. The van der Waals surface area contributed by atoms with Crippen LogP contribution in [0.3, 0.4) is 0 Å². The maximum Gasteiger partial charge on any atom is 0.409 e. The molecular formula is C19H25N3O4. The smallest absolute Gasteiger partial charge is 0.409 e. The van der Waals surface area contributed by atoms with Crippen LogP contribution in [0.1, 0.15) is 43.0 Å². The van der Waals surface area contributed by atoms with Gasteiger partial charge in [-0.3, -0.25) is 9.59 Å². The average molecular weight is 359 g/mol. The predicted molar refractivity (Wildman–Crippen MR) is 96.9 cm³/mol. The Bertz CT molecular complexity index is 679. The molecular weight excluding hydrogens is 334 g/mol. The molecule has 1 aromatic carbocycles. The lowest BCUT2D eigenvalue weighted by Gasteiger charge is -2.31. The summed E-state index contributed by atoms with van der Waals surface area (Å²) < 4.78 is 5.00. The van der Waals surface area contributed by atoms with Gasteiger partial charge in [-0.25, -0.2) is 4.79 Å². The van der Waals surface area contributed by atoms with Crippen LogP contribution in [-0.4, -0.2) is 48.5 Å². The molecule has 2 fully saturated rings. The first kappa shape index (κ1) is 18.2. The highest BCUT2D eigenvalue weighted by molar-refractivity contribution is 5.98. The number of benzene rings is 1. The Morgan fingerprint density at radius 3 is 2.54 bits per heavy atom. The third-order valence-electron chi connectivity index (χ3n) is 4.70. The molecule has 1 aliphatic carbocycles. The average Bonchev–Trinajstić information content (AvgIpc) is 3.48. The van der Waals surface area contributed by atoms with E-state index in [9.17, 15) is 14.4 Å². The molecule has 3 rings (SSSR count). The number of ether oxygens (including phenoxy) is 1. The molecule has 3 amide bonds. The number of hydrogen-bond donors (Lipinski definition) is 2. The van der Waals surface area contributed by atoms with Gasteiger partial charge in [0.15, 0.2) is 0 Å². The van der Waals surface area contributed by atoms with E-state index in [4.69, 9.17) is 4.74 Å². The van der Waals surface area contributed by atoms with E-state index in [0.29, 0.717) is 43.8 Å². The molecule has 2 aliphatic rings. The summed E-state index contributed by atoms with van der Waals surface area (Å²) in [4.78, 5) is 37.7. The van der Waals surface area contributed by atoms with Gasteiger partial charge in [0.1, 0.15) is 0 Å². The molecule has 26 heavy (non-hydrogen) atoms. The number of anilines is 1. The van der Waals surface area contributed by atoms with Crippen LogP contribution in [-0.2, 0) is 9.53 Å². The number of piperidine rings is 1. The molecule has 0 radical (unpaired) electrons. The topological polar surface area (TPSA) is 87.7 Å². The van der Waals surface area contributed by atoms with E-state index in [0.717, 1.165) is 12.8 Å². The van der Waals surface area contributed by atoms with Gasteiger partial charge in [-0.15, -0.1) is 0 Å². The van der Waals surface area contributed by atoms with Gasteiger partial charge in [-0.2, -0.15) is 0 Å². The van der Waals surface area contributed by atoms with E-state index in [1.807, 2.05) is 0 Å². The van der Waals surface area contributed by atoms with Crippen molar-refractivity contribution in [1.82, 2.24) is 10.2 Å². The molecule has 1 heterocycles.